The number of aliphatic imine (C=N–C) groups is 1. The molecule has 1 unspecified atom stereocenters. The number of benzene rings is 1. The molecule has 6 nitrogen and oxygen atoms in total. The van der Waals surface area contributed by atoms with Crippen LogP contribution in [0, 0.1) is 0 Å². The fourth-order valence-corrected chi connectivity index (χ4v) is 5.06. The molecule has 0 heterocycles. The summed E-state index contributed by atoms with van der Waals surface area (Å²) in [6.45, 7) is 0.588. The van der Waals surface area contributed by atoms with Crippen LogP contribution < -0.4 is 11.1 Å². The van der Waals surface area contributed by atoms with Crippen LogP contribution in [0.15, 0.2) is 29.3 Å². The Bertz CT molecular complexity index is 553. The Labute approximate surface area is 148 Å². The van der Waals surface area contributed by atoms with E-state index in [9.17, 15) is 0 Å². The molecule has 0 aliphatic carbocycles. The van der Waals surface area contributed by atoms with E-state index in [2.05, 4.69) is 27.7 Å². The van der Waals surface area contributed by atoms with Gasteiger partial charge in [-0.25, -0.2) is 0 Å². The van der Waals surface area contributed by atoms with Gasteiger partial charge in [-0.3, -0.25) is 0 Å². The van der Waals surface area contributed by atoms with Gasteiger partial charge in [0.2, 0.25) is 0 Å². The average Bonchev–Trinajstić information content (AvgIpc) is 2.56. The second kappa shape index (κ2) is 9.84. The largest absolute Gasteiger partial charge is 0.508 e. The first-order valence-corrected chi connectivity index (χ1v) is 9.51. The van der Waals surface area contributed by atoms with Gasteiger partial charge in [-0.05, 0) is 48.6 Å². The Morgan fingerprint density at radius 2 is 1.83 bits per heavy atom. The molecular weight excluding hydrogens is 350 g/mol. The fourth-order valence-electron chi connectivity index (χ4n) is 2.40. The molecule has 0 fully saturated rings. The first-order chi connectivity index (χ1) is 11.0. The van der Waals surface area contributed by atoms with Gasteiger partial charge in [0.1, 0.15) is 0 Å². The molecule has 0 bridgehead atoms. The molecule has 0 saturated heterocycles. The van der Waals surface area contributed by atoms with Gasteiger partial charge < -0.3 is 24.3 Å². The number of rotatable bonds is 9. The third kappa shape index (κ3) is 5.43. The number of thiocarbonyl (C=S) groups is 2. The molecule has 0 spiro atoms. The zero-order chi connectivity index (χ0) is 17.3. The summed E-state index contributed by atoms with van der Waals surface area (Å²) in [5.74, 6) is 0. The van der Waals surface area contributed by atoms with Gasteiger partial charge in [-0.15, -0.1) is 0 Å². The second-order valence-corrected chi connectivity index (χ2v) is 8.39. The minimum Gasteiger partial charge on any atom is -0.376 e. The minimum absolute atomic E-state index is 0.0742. The van der Waals surface area contributed by atoms with Crippen molar-refractivity contribution in [3.05, 3.63) is 29.8 Å². The van der Waals surface area contributed by atoms with Crippen molar-refractivity contribution in [2.45, 2.75) is 12.0 Å². The van der Waals surface area contributed by atoms with Crippen LogP contribution in [0.25, 0.3) is 0 Å². The highest BCUT2D eigenvalue weighted by molar-refractivity contribution is 7.80. The summed E-state index contributed by atoms with van der Waals surface area (Å²) in [5.41, 5.74) is 7.17. The summed E-state index contributed by atoms with van der Waals surface area (Å²) in [4.78, 5) is 3.95. The maximum atomic E-state index is 5.64. The van der Waals surface area contributed by atoms with E-state index in [-0.39, 0.29) is 10.7 Å². The van der Waals surface area contributed by atoms with Gasteiger partial charge in [0, 0.05) is 27.9 Å². The van der Waals surface area contributed by atoms with Crippen LogP contribution in [-0.4, -0.2) is 47.0 Å². The Kier molecular flexibility index (Phi) is 8.49. The molecule has 0 aromatic heterocycles. The first kappa shape index (κ1) is 19.9. The van der Waals surface area contributed by atoms with E-state index >= 15 is 0 Å². The summed E-state index contributed by atoms with van der Waals surface area (Å²) in [7, 11) is 1.90. The molecule has 3 N–H and O–H groups in total. The maximum Gasteiger partial charge on any atom is 0.508 e. The molecule has 9 heteroatoms. The van der Waals surface area contributed by atoms with Crippen LogP contribution in [0.4, 0.5) is 5.69 Å². The maximum absolute atomic E-state index is 5.64. The molecule has 126 valence electrons. The second-order valence-electron chi connectivity index (χ2n) is 4.64. The van der Waals surface area contributed by atoms with Crippen LogP contribution in [0.5, 0.6) is 0 Å². The molecule has 0 amide bonds. The number of isothiocyanates is 1. The topological polar surface area (TPSA) is 78.1 Å². The van der Waals surface area contributed by atoms with Crippen LogP contribution in [0.1, 0.15) is 17.5 Å². The van der Waals surface area contributed by atoms with Gasteiger partial charge in [0.15, 0.2) is 5.11 Å². The molecule has 0 aliphatic heterocycles. The van der Waals surface area contributed by atoms with Crippen molar-refractivity contribution in [1.29, 1.82) is 0 Å². The van der Waals surface area contributed by atoms with Gasteiger partial charge >= 0.3 is 8.80 Å². The number of hydrogen-bond acceptors (Lipinski definition) is 6. The van der Waals surface area contributed by atoms with E-state index < -0.39 is 8.80 Å². The standard InChI is InChI=1S/C14H21N3O3S2Si/c1-18-23(19-2,20-3)13(8-9-16-14(15)22)11-4-6-12(7-5-11)17-10-21/h4-7,13H,8-9H2,1-3H3,(H3,15,16,22). The van der Waals surface area contributed by atoms with E-state index in [1.807, 2.05) is 24.3 Å². The first-order valence-electron chi connectivity index (χ1n) is 6.89. The Balaban J connectivity index is 3.10. The summed E-state index contributed by atoms with van der Waals surface area (Å²) in [6, 6.07) is 7.64. The van der Waals surface area contributed by atoms with Crippen molar-refractivity contribution >= 4 is 49.2 Å². The van der Waals surface area contributed by atoms with Crippen molar-refractivity contribution in [2.24, 2.45) is 10.7 Å². The van der Waals surface area contributed by atoms with Crippen LogP contribution in [-0.2, 0) is 13.3 Å². The third-order valence-electron chi connectivity index (χ3n) is 3.48. The number of hydrogen-bond donors (Lipinski definition) is 2. The molecule has 0 saturated carbocycles. The zero-order valence-corrected chi connectivity index (χ0v) is 16.0. The molecule has 1 atom stereocenters. The van der Waals surface area contributed by atoms with Crippen molar-refractivity contribution in [3.8, 4) is 0 Å². The highest BCUT2D eigenvalue weighted by Crippen LogP contribution is 2.32. The molecule has 0 radical (unpaired) electrons. The third-order valence-corrected chi connectivity index (χ3v) is 6.90. The van der Waals surface area contributed by atoms with Crippen LogP contribution >= 0.6 is 24.4 Å². The lowest BCUT2D eigenvalue weighted by atomic mass is 10.1. The van der Waals surface area contributed by atoms with E-state index in [1.165, 1.54) is 0 Å². The van der Waals surface area contributed by atoms with E-state index in [0.717, 1.165) is 11.3 Å². The van der Waals surface area contributed by atoms with Crippen molar-refractivity contribution < 1.29 is 13.3 Å². The summed E-state index contributed by atoms with van der Waals surface area (Å²) >= 11 is 9.46. The lowest BCUT2D eigenvalue weighted by Gasteiger charge is -2.33. The van der Waals surface area contributed by atoms with Gasteiger partial charge in [0.05, 0.1) is 16.4 Å². The van der Waals surface area contributed by atoms with E-state index in [1.54, 1.807) is 21.3 Å². The average molecular weight is 372 g/mol. The van der Waals surface area contributed by atoms with Crippen LogP contribution in [0.2, 0.25) is 0 Å². The lowest BCUT2D eigenvalue weighted by molar-refractivity contribution is 0.111. The summed E-state index contributed by atoms with van der Waals surface area (Å²) < 4.78 is 16.9. The number of nitrogens with one attached hydrogen (secondary N) is 1. The quantitative estimate of drug-likeness (QED) is 0.391. The highest BCUT2D eigenvalue weighted by atomic mass is 32.1. The highest BCUT2D eigenvalue weighted by Gasteiger charge is 2.47. The van der Waals surface area contributed by atoms with Gasteiger partial charge in [0.25, 0.3) is 0 Å². The SMILES string of the molecule is CO[Si](OC)(OC)C(CCNC(N)=S)c1ccc(N=C=S)cc1. The van der Waals surface area contributed by atoms with Crippen LogP contribution in [0.3, 0.4) is 0 Å². The number of nitrogens with zero attached hydrogens (tertiary/aromatic N) is 1. The van der Waals surface area contributed by atoms with Gasteiger partial charge in [-0.1, -0.05) is 12.1 Å². The Morgan fingerprint density at radius 3 is 2.26 bits per heavy atom. The van der Waals surface area contributed by atoms with Crippen molar-refractivity contribution in [3.63, 3.8) is 0 Å². The van der Waals surface area contributed by atoms with E-state index in [0.29, 0.717) is 13.0 Å². The molecular formula is C14H21N3O3S2Si. The monoisotopic (exact) mass is 371 g/mol. The summed E-state index contributed by atoms with van der Waals surface area (Å²) in [5, 5.41) is 5.55. The number of nitrogens with two attached hydrogens (primary N) is 1. The van der Waals surface area contributed by atoms with Crippen molar-refractivity contribution in [2.75, 3.05) is 27.9 Å². The molecule has 1 aromatic carbocycles. The molecule has 0 aliphatic rings. The predicted octanol–water partition coefficient (Wildman–Crippen LogP) is 2.15. The predicted molar refractivity (Wildman–Crippen MR) is 100 cm³/mol. The smallest absolute Gasteiger partial charge is 0.376 e. The summed E-state index contributed by atoms with van der Waals surface area (Å²) in [6.07, 6.45) is 0.689. The minimum atomic E-state index is -2.89. The molecule has 23 heavy (non-hydrogen) atoms. The lowest BCUT2D eigenvalue weighted by Crippen LogP contribution is -2.50. The molecule has 1 rings (SSSR count). The Morgan fingerprint density at radius 1 is 1.26 bits per heavy atom. The van der Waals surface area contributed by atoms with E-state index in [4.69, 9.17) is 31.2 Å². The Hall–Kier alpha value is -1.19. The fraction of sp³-hybridized carbons (Fsp3) is 0.429. The van der Waals surface area contributed by atoms with Crippen molar-refractivity contribution in [1.82, 2.24) is 5.32 Å². The normalized spacial score (nSPS) is 12.3. The zero-order valence-electron chi connectivity index (χ0n) is 13.4. The van der Waals surface area contributed by atoms with Gasteiger partial charge in [-0.2, -0.15) is 4.99 Å². The molecule has 1 aromatic rings.